The van der Waals surface area contributed by atoms with Crippen molar-refractivity contribution in [3.05, 3.63) is 143 Å². The van der Waals surface area contributed by atoms with Crippen LogP contribution in [-0.2, 0) is 39.3 Å². The Bertz CT molecular complexity index is 2380. The molecule has 0 fully saturated rings. The highest BCUT2D eigenvalue weighted by molar-refractivity contribution is 5.98. The highest BCUT2D eigenvalue weighted by Gasteiger charge is 2.44. The maximum absolute atomic E-state index is 2.73. The molecule has 0 amide bonds. The molecule has 6 heteroatoms. The molecule has 0 aliphatic carbocycles. The van der Waals surface area contributed by atoms with E-state index in [0.29, 0.717) is 0 Å². The van der Waals surface area contributed by atoms with Crippen LogP contribution in [0.3, 0.4) is 0 Å². The Balaban J connectivity index is 1.04. The van der Waals surface area contributed by atoms with Gasteiger partial charge in [0.05, 0.1) is 37.1 Å². The summed E-state index contributed by atoms with van der Waals surface area (Å²) >= 11 is 0. The van der Waals surface area contributed by atoms with E-state index in [-0.39, 0.29) is 0 Å². The van der Waals surface area contributed by atoms with E-state index >= 15 is 0 Å². The van der Waals surface area contributed by atoms with Crippen molar-refractivity contribution in [2.75, 3.05) is 49.4 Å². The maximum atomic E-state index is 2.73. The van der Waals surface area contributed by atoms with Gasteiger partial charge >= 0.3 is 0 Å². The van der Waals surface area contributed by atoms with Crippen LogP contribution in [0.2, 0.25) is 0 Å². The summed E-state index contributed by atoms with van der Waals surface area (Å²) in [6, 6.07) is 41.1. The largest absolute Gasteiger partial charge is 0.349 e. The summed E-state index contributed by atoms with van der Waals surface area (Å²) in [5.74, 6) is 0. The monoisotopic (exact) mass is 660 g/mol. The molecule has 51 heavy (non-hydrogen) atoms. The third kappa shape index (κ3) is 3.47. The lowest BCUT2D eigenvalue weighted by molar-refractivity contribution is 0.598. The zero-order valence-electron chi connectivity index (χ0n) is 28.4. The van der Waals surface area contributed by atoms with Crippen LogP contribution in [0, 0.1) is 0 Å². The Hall–Kier alpha value is -5.88. The second-order valence-electron chi connectivity index (χ2n) is 15.4. The van der Waals surface area contributed by atoms with Gasteiger partial charge in [0.15, 0.2) is 0 Å². The first-order valence-corrected chi connectivity index (χ1v) is 18.5. The fourth-order valence-electron chi connectivity index (χ4n) is 10.8. The van der Waals surface area contributed by atoms with Crippen LogP contribution in [0.25, 0.3) is 32.3 Å². The second-order valence-corrected chi connectivity index (χ2v) is 15.4. The first-order valence-electron chi connectivity index (χ1n) is 18.5. The molecule has 6 aliphatic heterocycles. The van der Waals surface area contributed by atoms with Gasteiger partial charge in [-0.2, -0.15) is 0 Å². The number of anilines is 6. The molecule has 6 bridgehead atoms. The first kappa shape index (κ1) is 26.9. The predicted molar refractivity (Wildman–Crippen MR) is 210 cm³/mol. The zero-order valence-corrected chi connectivity index (χ0v) is 28.4. The van der Waals surface area contributed by atoms with E-state index < -0.39 is 0 Å². The molecule has 7 aromatic rings. The molecule has 0 unspecified atom stereocenters. The standard InChI is InChI=1S/C45H36N6/c1-4-10-31-28(7-1)13-16-40-34(31)19-49-25-46(40)22-37-43(49)38-23-47-26-51(21-36-33-12-6-3-8-29(33)14-17-41(36)47)45(38)39-24-48-27-50(44(37)39)20-35-32-11-5-2-9-30(32)15-18-42(35)48/h1-18H,19-27H2. The molecular formula is C45H36N6. The number of fused-ring (bicyclic) bond motifs is 27. The Morgan fingerprint density at radius 1 is 0.275 bits per heavy atom. The van der Waals surface area contributed by atoms with Crippen LogP contribution < -0.4 is 29.4 Å². The van der Waals surface area contributed by atoms with Gasteiger partial charge in [0, 0.05) is 89.7 Å². The number of rotatable bonds is 0. The Morgan fingerprint density at radius 3 is 0.902 bits per heavy atom. The van der Waals surface area contributed by atoms with Crippen LogP contribution in [0.15, 0.2) is 109 Å². The van der Waals surface area contributed by atoms with Crippen molar-refractivity contribution in [3.8, 4) is 0 Å². The Labute approximate surface area is 296 Å². The average Bonchev–Trinajstić information content (AvgIpc) is 3.17. The molecular weight excluding hydrogens is 625 g/mol. The summed E-state index contributed by atoms with van der Waals surface area (Å²) < 4.78 is 0. The molecule has 13 rings (SSSR count). The van der Waals surface area contributed by atoms with Crippen LogP contribution >= 0.6 is 0 Å². The normalized spacial score (nSPS) is 17.6. The molecule has 0 aromatic heterocycles. The fraction of sp³-hybridized carbons (Fsp3) is 0.200. The molecule has 6 nitrogen and oxygen atoms in total. The van der Waals surface area contributed by atoms with Gasteiger partial charge in [-0.05, 0) is 50.5 Å². The van der Waals surface area contributed by atoms with Gasteiger partial charge in [-0.3, -0.25) is 0 Å². The van der Waals surface area contributed by atoms with E-state index in [2.05, 4.69) is 139 Å². The Morgan fingerprint density at radius 2 is 0.569 bits per heavy atom. The summed E-state index contributed by atoms with van der Waals surface area (Å²) in [6.45, 7) is 8.43. The number of nitrogens with zero attached hydrogens (tertiary/aromatic N) is 6. The van der Waals surface area contributed by atoms with Crippen LogP contribution in [-0.4, -0.2) is 20.0 Å². The lowest BCUT2D eigenvalue weighted by atomic mass is 9.85. The van der Waals surface area contributed by atoms with Crippen molar-refractivity contribution in [1.29, 1.82) is 0 Å². The van der Waals surface area contributed by atoms with Gasteiger partial charge in [-0.25, -0.2) is 0 Å². The van der Waals surface area contributed by atoms with Gasteiger partial charge in [0.2, 0.25) is 0 Å². The van der Waals surface area contributed by atoms with Gasteiger partial charge in [0.1, 0.15) is 0 Å². The first-order chi connectivity index (χ1) is 25.2. The van der Waals surface area contributed by atoms with Gasteiger partial charge in [0.25, 0.3) is 0 Å². The number of hydrogen-bond acceptors (Lipinski definition) is 6. The van der Waals surface area contributed by atoms with Gasteiger partial charge in [-0.1, -0.05) is 91.0 Å². The molecule has 0 saturated heterocycles. The van der Waals surface area contributed by atoms with Crippen molar-refractivity contribution in [2.24, 2.45) is 0 Å². The van der Waals surface area contributed by atoms with Crippen molar-refractivity contribution in [1.82, 2.24) is 0 Å². The van der Waals surface area contributed by atoms with Gasteiger partial charge < -0.3 is 29.4 Å². The van der Waals surface area contributed by atoms with Crippen molar-refractivity contribution < 1.29 is 0 Å². The lowest BCUT2D eigenvalue weighted by Crippen LogP contribution is -2.53. The van der Waals surface area contributed by atoms with Gasteiger partial charge in [-0.15, -0.1) is 0 Å². The van der Waals surface area contributed by atoms with E-state index in [1.54, 1.807) is 0 Å². The number of benzene rings is 7. The molecule has 7 aromatic carbocycles. The molecule has 0 spiro atoms. The third-order valence-corrected chi connectivity index (χ3v) is 12.9. The average molecular weight is 661 g/mol. The second kappa shape index (κ2) is 9.46. The van der Waals surface area contributed by atoms with E-state index in [9.17, 15) is 0 Å². The molecule has 6 heterocycles. The SMILES string of the molecule is c1ccc2c3c(ccc2c1)N1Cc2c(c4c(c5c2N2Cc6c(ccc7ccccc67)N(C5)C2)N2Cc5c(ccc6ccccc56)N(C4)C2)N(C3)C1. The summed E-state index contributed by atoms with van der Waals surface area (Å²) in [5, 5.41) is 8.17. The maximum Gasteiger partial charge on any atom is 0.0910 e. The topological polar surface area (TPSA) is 19.4 Å². The van der Waals surface area contributed by atoms with Crippen molar-refractivity contribution in [2.45, 2.75) is 39.3 Å². The third-order valence-electron chi connectivity index (χ3n) is 12.9. The summed E-state index contributed by atoms with van der Waals surface area (Å²) in [7, 11) is 0. The minimum atomic E-state index is 0.935. The Kier molecular flexibility index (Phi) is 4.99. The quantitative estimate of drug-likeness (QED) is 0.161. The molecule has 0 atom stereocenters. The van der Waals surface area contributed by atoms with E-state index in [1.807, 2.05) is 0 Å². The van der Waals surface area contributed by atoms with Crippen LogP contribution in [0.5, 0.6) is 0 Å². The van der Waals surface area contributed by atoms with Crippen molar-refractivity contribution in [3.63, 3.8) is 0 Å². The summed E-state index contributed by atoms with van der Waals surface area (Å²) in [4.78, 5) is 16.2. The molecule has 0 radical (unpaired) electrons. The number of hydrogen-bond donors (Lipinski definition) is 0. The molecule has 0 saturated carbocycles. The fourth-order valence-corrected chi connectivity index (χ4v) is 10.8. The minimum Gasteiger partial charge on any atom is -0.349 e. The van der Waals surface area contributed by atoms with Crippen molar-refractivity contribution >= 4 is 66.4 Å². The molecule has 0 N–H and O–H groups in total. The minimum absolute atomic E-state index is 0.935. The smallest absolute Gasteiger partial charge is 0.0910 e. The summed E-state index contributed by atoms with van der Waals surface area (Å²) in [6.07, 6.45) is 0. The lowest BCUT2D eigenvalue weighted by Gasteiger charge is -2.54. The van der Waals surface area contributed by atoms with E-state index in [4.69, 9.17) is 0 Å². The van der Waals surface area contributed by atoms with E-state index in [0.717, 1.165) is 59.3 Å². The zero-order chi connectivity index (χ0) is 32.9. The van der Waals surface area contributed by atoms with Crippen LogP contribution in [0.4, 0.5) is 34.1 Å². The molecule has 246 valence electrons. The summed E-state index contributed by atoms with van der Waals surface area (Å²) in [5.41, 5.74) is 17.7. The molecule has 6 aliphatic rings. The highest BCUT2D eigenvalue weighted by Crippen LogP contribution is 2.56. The highest BCUT2D eigenvalue weighted by atomic mass is 15.4. The van der Waals surface area contributed by atoms with E-state index in [1.165, 1.54) is 99.8 Å². The predicted octanol–water partition coefficient (Wildman–Crippen LogP) is 9.04. The van der Waals surface area contributed by atoms with Crippen LogP contribution in [0.1, 0.15) is 33.4 Å².